The van der Waals surface area contributed by atoms with Gasteiger partial charge in [0.15, 0.2) is 0 Å². The maximum Gasteiger partial charge on any atom is 0.266 e. The Bertz CT molecular complexity index is 1040. The first-order valence-corrected chi connectivity index (χ1v) is 9.70. The van der Waals surface area contributed by atoms with Crippen LogP contribution in [0, 0.1) is 19.8 Å². The molecule has 0 radical (unpaired) electrons. The summed E-state index contributed by atoms with van der Waals surface area (Å²) in [4.78, 5) is 31.8. The molecule has 6 nitrogen and oxygen atoms in total. The lowest BCUT2D eigenvalue weighted by Gasteiger charge is -2.39. The largest absolute Gasteiger partial charge is 0.337 e. The molecule has 0 unspecified atom stereocenters. The third kappa shape index (κ3) is 3.55. The minimum atomic E-state index is -0.101. The molecule has 0 N–H and O–H groups in total. The van der Waals surface area contributed by atoms with Crippen molar-refractivity contribution in [1.29, 1.82) is 0 Å². The number of carbonyl (C=O) groups excluding carboxylic acids is 1. The van der Waals surface area contributed by atoms with Gasteiger partial charge in [0, 0.05) is 30.6 Å². The van der Waals surface area contributed by atoms with Crippen molar-refractivity contribution >= 4 is 17.2 Å². The van der Waals surface area contributed by atoms with Crippen LogP contribution in [0.5, 0.6) is 0 Å². The SMILES string of the molecule is Cc1ccc(=O)n(CC2CN(C(=O)c3sc(-c4ccccc4)nc3C)C2)n1. The quantitative estimate of drug-likeness (QED) is 0.698. The number of hydrogen-bond acceptors (Lipinski definition) is 5. The highest BCUT2D eigenvalue weighted by molar-refractivity contribution is 7.17. The Morgan fingerprint density at radius 3 is 2.63 bits per heavy atom. The lowest BCUT2D eigenvalue weighted by atomic mass is 10.00. The first kappa shape index (κ1) is 17.6. The number of rotatable bonds is 4. The Morgan fingerprint density at radius 2 is 1.89 bits per heavy atom. The van der Waals surface area contributed by atoms with Crippen LogP contribution in [-0.2, 0) is 6.54 Å². The summed E-state index contributed by atoms with van der Waals surface area (Å²) in [6.45, 7) is 5.56. The number of nitrogens with zero attached hydrogens (tertiary/aromatic N) is 4. The van der Waals surface area contributed by atoms with Crippen LogP contribution in [0.2, 0.25) is 0 Å². The molecule has 3 aromatic rings. The Hall–Kier alpha value is -2.80. The fourth-order valence-corrected chi connectivity index (χ4v) is 4.26. The topological polar surface area (TPSA) is 68.1 Å². The first-order chi connectivity index (χ1) is 13.0. The van der Waals surface area contributed by atoms with Gasteiger partial charge in [-0.1, -0.05) is 30.3 Å². The van der Waals surface area contributed by atoms with Gasteiger partial charge in [0.25, 0.3) is 11.5 Å². The monoisotopic (exact) mass is 380 g/mol. The summed E-state index contributed by atoms with van der Waals surface area (Å²) in [5.74, 6) is 0.274. The zero-order valence-electron chi connectivity index (χ0n) is 15.3. The number of aromatic nitrogens is 3. The van der Waals surface area contributed by atoms with E-state index in [-0.39, 0.29) is 17.4 Å². The van der Waals surface area contributed by atoms with E-state index in [0.29, 0.717) is 24.5 Å². The van der Waals surface area contributed by atoms with E-state index in [4.69, 9.17) is 0 Å². The van der Waals surface area contributed by atoms with E-state index in [1.807, 2.05) is 49.1 Å². The van der Waals surface area contributed by atoms with Crippen LogP contribution in [0.4, 0.5) is 0 Å². The van der Waals surface area contributed by atoms with Gasteiger partial charge in [0.05, 0.1) is 17.9 Å². The molecule has 27 heavy (non-hydrogen) atoms. The molecule has 1 aromatic carbocycles. The molecular formula is C20H20N4O2S. The summed E-state index contributed by atoms with van der Waals surface area (Å²) in [5.41, 5.74) is 2.51. The molecule has 0 spiro atoms. The molecule has 1 fully saturated rings. The van der Waals surface area contributed by atoms with Gasteiger partial charge in [-0.3, -0.25) is 9.59 Å². The molecule has 138 valence electrons. The van der Waals surface area contributed by atoms with E-state index in [1.54, 1.807) is 6.07 Å². The van der Waals surface area contributed by atoms with E-state index >= 15 is 0 Å². The molecule has 1 saturated heterocycles. The van der Waals surface area contributed by atoms with Gasteiger partial charge in [-0.05, 0) is 19.9 Å². The highest BCUT2D eigenvalue weighted by Gasteiger charge is 2.33. The van der Waals surface area contributed by atoms with Crippen molar-refractivity contribution in [3.63, 3.8) is 0 Å². The molecule has 4 rings (SSSR count). The molecule has 0 aliphatic carbocycles. The Balaban J connectivity index is 1.43. The van der Waals surface area contributed by atoms with Gasteiger partial charge in [0.2, 0.25) is 0 Å². The maximum absolute atomic E-state index is 12.8. The summed E-state index contributed by atoms with van der Waals surface area (Å²) >= 11 is 1.44. The van der Waals surface area contributed by atoms with E-state index in [1.165, 1.54) is 22.1 Å². The second-order valence-corrected chi connectivity index (χ2v) is 7.87. The standard InChI is InChI=1S/C20H20N4O2S/c1-13-8-9-17(25)24(22-13)12-15-10-23(11-15)20(26)18-14(2)21-19(27-18)16-6-4-3-5-7-16/h3-9,15H,10-12H2,1-2H3. The molecule has 3 heterocycles. The number of hydrogen-bond donors (Lipinski definition) is 0. The summed E-state index contributed by atoms with van der Waals surface area (Å²) in [6.07, 6.45) is 0. The fourth-order valence-electron chi connectivity index (χ4n) is 3.22. The minimum Gasteiger partial charge on any atom is -0.337 e. The van der Waals surface area contributed by atoms with Crippen molar-refractivity contribution in [2.45, 2.75) is 20.4 Å². The smallest absolute Gasteiger partial charge is 0.266 e. The average molecular weight is 380 g/mol. The van der Waals surface area contributed by atoms with Crippen molar-refractivity contribution in [1.82, 2.24) is 19.7 Å². The molecule has 0 saturated carbocycles. The summed E-state index contributed by atoms with van der Waals surface area (Å²) in [7, 11) is 0. The predicted octanol–water partition coefficient (Wildman–Crippen LogP) is 2.76. The van der Waals surface area contributed by atoms with Crippen LogP contribution in [0.3, 0.4) is 0 Å². The van der Waals surface area contributed by atoms with Crippen molar-refractivity contribution in [2.75, 3.05) is 13.1 Å². The molecule has 0 bridgehead atoms. The minimum absolute atomic E-state index is 0.0213. The van der Waals surface area contributed by atoms with Crippen molar-refractivity contribution in [3.8, 4) is 10.6 Å². The van der Waals surface area contributed by atoms with Crippen LogP contribution >= 0.6 is 11.3 Å². The number of carbonyl (C=O) groups is 1. The molecule has 2 aromatic heterocycles. The maximum atomic E-state index is 12.8. The molecule has 1 amide bonds. The summed E-state index contributed by atoms with van der Waals surface area (Å²) in [5, 5.41) is 5.13. The van der Waals surface area contributed by atoms with Crippen molar-refractivity contribution in [3.05, 3.63) is 69.1 Å². The fraction of sp³-hybridized carbons (Fsp3) is 0.300. The van der Waals surface area contributed by atoms with Crippen molar-refractivity contribution < 1.29 is 4.79 Å². The van der Waals surface area contributed by atoms with Crippen LogP contribution in [0.15, 0.2) is 47.3 Å². The summed E-state index contributed by atoms with van der Waals surface area (Å²) < 4.78 is 1.49. The van der Waals surface area contributed by atoms with Gasteiger partial charge in [-0.2, -0.15) is 5.10 Å². The van der Waals surface area contributed by atoms with Gasteiger partial charge in [-0.25, -0.2) is 9.67 Å². The third-order valence-electron chi connectivity index (χ3n) is 4.69. The number of thiazole rings is 1. The number of aryl methyl sites for hydroxylation is 2. The lowest BCUT2D eigenvalue weighted by molar-refractivity contribution is 0.0462. The molecule has 7 heteroatoms. The van der Waals surface area contributed by atoms with Crippen molar-refractivity contribution in [2.24, 2.45) is 5.92 Å². The van der Waals surface area contributed by atoms with E-state index in [0.717, 1.165) is 22.0 Å². The highest BCUT2D eigenvalue weighted by atomic mass is 32.1. The predicted molar refractivity (Wildman–Crippen MR) is 105 cm³/mol. The zero-order chi connectivity index (χ0) is 19.0. The van der Waals surface area contributed by atoms with Crippen LogP contribution in [0.25, 0.3) is 10.6 Å². The Morgan fingerprint density at radius 1 is 1.15 bits per heavy atom. The zero-order valence-corrected chi connectivity index (χ0v) is 16.1. The van der Waals surface area contributed by atoms with Gasteiger partial charge >= 0.3 is 0 Å². The second-order valence-electron chi connectivity index (χ2n) is 6.87. The number of amides is 1. The first-order valence-electron chi connectivity index (χ1n) is 8.88. The number of benzene rings is 1. The van der Waals surface area contributed by atoms with Gasteiger partial charge in [0.1, 0.15) is 9.88 Å². The third-order valence-corrected chi connectivity index (χ3v) is 5.88. The molecule has 1 aliphatic rings. The van der Waals surface area contributed by atoms with Crippen LogP contribution in [0.1, 0.15) is 21.1 Å². The highest BCUT2D eigenvalue weighted by Crippen LogP contribution is 2.30. The van der Waals surface area contributed by atoms with Crippen LogP contribution in [-0.4, -0.2) is 38.7 Å². The van der Waals surface area contributed by atoms with Gasteiger partial charge < -0.3 is 4.90 Å². The summed E-state index contributed by atoms with van der Waals surface area (Å²) in [6, 6.07) is 13.1. The normalized spacial score (nSPS) is 14.2. The second kappa shape index (κ2) is 7.08. The van der Waals surface area contributed by atoms with E-state index in [2.05, 4.69) is 10.1 Å². The average Bonchev–Trinajstić information content (AvgIpc) is 3.02. The molecule has 1 aliphatic heterocycles. The Labute approximate surface area is 161 Å². The Kier molecular flexibility index (Phi) is 4.61. The molecule has 0 atom stereocenters. The van der Waals surface area contributed by atoms with E-state index < -0.39 is 0 Å². The van der Waals surface area contributed by atoms with E-state index in [9.17, 15) is 9.59 Å². The number of likely N-dealkylation sites (tertiary alicyclic amines) is 1. The van der Waals surface area contributed by atoms with Gasteiger partial charge in [-0.15, -0.1) is 11.3 Å². The van der Waals surface area contributed by atoms with Crippen LogP contribution < -0.4 is 5.56 Å². The molecular weight excluding hydrogens is 360 g/mol. The lowest BCUT2D eigenvalue weighted by Crippen LogP contribution is -2.52.